The van der Waals surface area contributed by atoms with Crippen LogP contribution in [0.5, 0.6) is 0 Å². The van der Waals surface area contributed by atoms with E-state index in [0.29, 0.717) is 10.6 Å². The van der Waals surface area contributed by atoms with Crippen molar-refractivity contribution < 1.29 is 9.18 Å². The van der Waals surface area contributed by atoms with Crippen molar-refractivity contribution >= 4 is 23.2 Å². The van der Waals surface area contributed by atoms with E-state index in [1.807, 2.05) is 0 Å². The molecule has 0 heterocycles. The van der Waals surface area contributed by atoms with E-state index >= 15 is 0 Å². The van der Waals surface area contributed by atoms with Gasteiger partial charge in [0.1, 0.15) is 5.82 Å². The molecular weight excluding hydrogens is 253 g/mol. The fraction of sp³-hybridized carbons (Fsp3) is 0.0714. The largest absolute Gasteiger partial charge is 0.319 e. The molecule has 0 aliphatic carbocycles. The summed E-state index contributed by atoms with van der Waals surface area (Å²) in [4.78, 5) is 11.9. The number of rotatable bonds is 2. The summed E-state index contributed by atoms with van der Waals surface area (Å²) in [6.45, 7) is 1.78. The summed E-state index contributed by atoms with van der Waals surface area (Å²) in [5.74, 6) is -0.842. The van der Waals surface area contributed by atoms with Crippen LogP contribution in [0, 0.1) is 12.7 Å². The Bertz CT molecular complexity index is 598. The molecule has 0 saturated carbocycles. The molecule has 18 heavy (non-hydrogen) atoms. The van der Waals surface area contributed by atoms with Crippen LogP contribution in [0.4, 0.5) is 10.1 Å². The second-order valence-corrected chi connectivity index (χ2v) is 4.38. The molecule has 1 amide bonds. The molecule has 0 fully saturated rings. The van der Waals surface area contributed by atoms with E-state index in [0.717, 1.165) is 5.56 Å². The van der Waals surface area contributed by atoms with Crippen LogP contribution < -0.4 is 5.32 Å². The highest BCUT2D eigenvalue weighted by atomic mass is 35.5. The number of nitrogens with one attached hydrogen (secondary N) is 1. The molecule has 0 unspecified atom stereocenters. The third kappa shape index (κ3) is 2.87. The van der Waals surface area contributed by atoms with Gasteiger partial charge < -0.3 is 5.32 Å². The number of carbonyl (C=O) groups excluding carboxylic acids is 1. The normalized spacial score (nSPS) is 10.2. The van der Waals surface area contributed by atoms with E-state index in [1.165, 1.54) is 18.2 Å². The first-order chi connectivity index (χ1) is 8.56. The number of halogens is 2. The maximum absolute atomic E-state index is 13.6. The van der Waals surface area contributed by atoms with Crippen LogP contribution in [0.1, 0.15) is 15.9 Å². The first-order valence-corrected chi connectivity index (χ1v) is 5.77. The van der Waals surface area contributed by atoms with Crippen LogP contribution in [0.3, 0.4) is 0 Å². The lowest BCUT2D eigenvalue weighted by Crippen LogP contribution is -2.12. The topological polar surface area (TPSA) is 29.1 Å². The van der Waals surface area contributed by atoms with Crippen LogP contribution >= 0.6 is 11.6 Å². The van der Waals surface area contributed by atoms with Gasteiger partial charge in [-0.15, -0.1) is 0 Å². The van der Waals surface area contributed by atoms with Crippen molar-refractivity contribution in [3.63, 3.8) is 0 Å². The fourth-order valence-electron chi connectivity index (χ4n) is 1.55. The quantitative estimate of drug-likeness (QED) is 0.870. The molecule has 0 aromatic heterocycles. The van der Waals surface area contributed by atoms with Gasteiger partial charge >= 0.3 is 0 Å². The number of anilines is 1. The molecule has 2 rings (SSSR count). The van der Waals surface area contributed by atoms with Crippen LogP contribution in [-0.4, -0.2) is 5.91 Å². The predicted molar refractivity (Wildman–Crippen MR) is 70.5 cm³/mol. The van der Waals surface area contributed by atoms with Crippen molar-refractivity contribution in [1.29, 1.82) is 0 Å². The molecule has 0 spiro atoms. The van der Waals surface area contributed by atoms with Crippen LogP contribution in [0.2, 0.25) is 5.02 Å². The van der Waals surface area contributed by atoms with Crippen LogP contribution in [-0.2, 0) is 0 Å². The van der Waals surface area contributed by atoms with Gasteiger partial charge in [-0.2, -0.15) is 0 Å². The SMILES string of the molecule is Cc1ccc(NC(=O)c2cccc(Cl)c2)c(F)c1. The first kappa shape index (κ1) is 12.6. The van der Waals surface area contributed by atoms with E-state index in [9.17, 15) is 9.18 Å². The van der Waals surface area contributed by atoms with E-state index in [1.54, 1.807) is 31.2 Å². The smallest absolute Gasteiger partial charge is 0.255 e. The van der Waals surface area contributed by atoms with E-state index in [-0.39, 0.29) is 11.6 Å². The molecule has 0 atom stereocenters. The minimum atomic E-state index is -0.453. The lowest BCUT2D eigenvalue weighted by atomic mass is 10.2. The summed E-state index contributed by atoms with van der Waals surface area (Å²) in [7, 11) is 0. The average Bonchev–Trinajstić information content (AvgIpc) is 2.32. The number of carbonyl (C=O) groups is 1. The van der Waals surface area contributed by atoms with Gasteiger partial charge in [-0.1, -0.05) is 23.7 Å². The van der Waals surface area contributed by atoms with Gasteiger partial charge in [-0.05, 0) is 42.8 Å². The van der Waals surface area contributed by atoms with E-state index in [4.69, 9.17) is 11.6 Å². The molecule has 2 aromatic carbocycles. The van der Waals surface area contributed by atoms with E-state index < -0.39 is 5.82 Å². The molecule has 4 heteroatoms. The number of amides is 1. The predicted octanol–water partition coefficient (Wildman–Crippen LogP) is 4.04. The lowest BCUT2D eigenvalue weighted by Gasteiger charge is -2.07. The zero-order valence-corrected chi connectivity index (χ0v) is 10.5. The zero-order valence-electron chi connectivity index (χ0n) is 9.71. The Morgan fingerprint density at radius 3 is 2.67 bits per heavy atom. The summed E-state index contributed by atoms with van der Waals surface area (Å²) in [5, 5.41) is 2.97. The molecule has 1 N–H and O–H groups in total. The highest BCUT2D eigenvalue weighted by molar-refractivity contribution is 6.31. The molecule has 2 nitrogen and oxygen atoms in total. The summed E-state index contributed by atoms with van der Waals surface area (Å²) < 4.78 is 13.6. The first-order valence-electron chi connectivity index (χ1n) is 5.39. The number of hydrogen-bond donors (Lipinski definition) is 1. The maximum Gasteiger partial charge on any atom is 0.255 e. The van der Waals surface area contributed by atoms with Crippen molar-refractivity contribution in [2.24, 2.45) is 0 Å². The van der Waals surface area contributed by atoms with Crippen molar-refractivity contribution in [2.75, 3.05) is 5.32 Å². The Morgan fingerprint density at radius 2 is 2.00 bits per heavy atom. The van der Waals surface area contributed by atoms with Gasteiger partial charge in [-0.25, -0.2) is 4.39 Å². The monoisotopic (exact) mass is 263 g/mol. The zero-order chi connectivity index (χ0) is 13.1. The standard InChI is InChI=1S/C14H11ClFNO/c1-9-5-6-13(12(16)7-9)17-14(18)10-3-2-4-11(15)8-10/h2-8H,1H3,(H,17,18). The van der Waals surface area contributed by atoms with Crippen molar-refractivity contribution in [3.8, 4) is 0 Å². The van der Waals surface area contributed by atoms with Gasteiger partial charge in [0.25, 0.3) is 5.91 Å². The van der Waals surface area contributed by atoms with Crippen LogP contribution in [0.25, 0.3) is 0 Å². The highest BCUT2D eigenvalue weighted by Crippen LogP contribution is 2.17. The van der Waals surface area contributed by atoms with Crippen molar-refractivity contribution in [1.82, 2.24) is 0 Å². The van der Waals surface area contributed by atoms with Gasteiger partial charge in [0.2, 0.25) is 0 Å². The Hall–Kier alpha value is -1.87. The summed E-state index contributed by atoms with van der Waals surface area (Å²) >= 11 is 5.79. The average molecular weight is 264 g/mol. The molecule has 0 radical (unpaired) electrons. The lowest BCUT2D eigenvalue weighted by molar-refractivity contribution is 0.102. The third-order valence-electron chi connectivity index (χ3n) is 2.46. The Labute approximate surface area is 109 Å². The highest BCUT2D eigenvalue weighted by Gasteiger charge is 2.09. The molecule has 0 saturated heterocycles. The Balaban J connectivity index is 2.21. The molecule has 0 aliphatic rings. The summed E-state index contributed by atoms with van der Waals surface area (Å²) in [6, 6.07) is 11.1. The minimum Gasteiger partial charge on any atom is -0.319 e. The van der Waals surface area contributed by atoms with Gasteiger partial charge in [0, 0.05) is 10.6 Å². The van der Waals surface area contributed by atoms with Gasteiger partial charge in [0.05, 0.1) is 5.69 Å². The summed E-state index contributed by atoms with van der Waals surface area (Å²) in [5.41, 5.74) is 1.35. The van der Waals surface area contributed by atoms with Crippen molar-refractivity contribution in [3.05, 3.63) is 64.4 Å². The minimum absolute atomic E-state index is 0.158. The molecule has 92 valence electrons. The second kappa shape index (κ2) is 5.19. The third-order valence-corrected chi connectivity index (χ3v) is 2.69. The number of hydrogen-bond acceptors (Lipinski definition) is 1. The number of aryl methyl sites for hydroxylation is 1. The van der Waals surface area contributed by atoms with Crippen molar-refractivity contribution in [2.45, 2.75) is 6.92 Å². The Morgan fingerprint density at radius 1 is 1.22 bits per heavy atom. The van der Waals surface area contributed by atoms with Gasteiger partial charge in [-0.3, -0.25) is 4.79 Å². The molecule has 0 bridgehead atoms. The molecule has 0 aliphatic heterocycles. The summed E-state index contributed by atoms with van der Waals surface area (Å²) in [6.07, 6.45) is 0. The van der Waals surface area contributed by atoms with Crippen LogP contribution in [0.15, 0.2) is 42.5 Å². The Kier molecular flexibility index (Phi) is 3.63. The molecule has 2 aromatic rings. The fourth-order valence-corrected chi connectivity index (χ4v) is 1.74. The van der Waals surface area contributed by atoms with E-state index in [2.05, 4.69) is 5.32 Å². The second-order valence-electron chi connectivity index (χ2n) is 3.95. The van der Waals surface area contributed by atoms with Gasteiger partial charge in [0.15, 0.2) is 0 Å². The molecular formula is C14H11ClFNO. The number of benzene rings is 2. The maximum atomic E-state index is 13.6.